The zero-order chi connectivity index (χ0) is 13.4. The van der Waals surface area contributed by atoms with Gasteiger partial charge < -0.3 is 11.1 Å². The van der Waals surface area contributed by atoms with E-state index in [2.05, 4.69) is 12.2 Å². The molecule has 0 aromatic heterocycles. The molecule has 1 amide bonds. The summed E-state index contributed by atoms with van der Waals surface area (Å²) in [4.78, 5) is 12.0. The number of carbonyl (C=O) groups excluding carboxylic acids is 1. The van der Waals surface area contributed by atoms with Crippen LogP contribution in [0.4, 0.5) is 0 Å². The van der Waals surface area contributed by atoms with Crippen LogP contribution < -0.4 is 11.1 Å². The van der Waals surface area contributed by atoms with Crippen LogP contribution in [0.5, 0.6) is 0 Å². The van der Waals surface area contributed by atoms with Crippen LogP contribution in [0, 0.1) is 5.92 Å². The van der Waals surface area contributed by atoms with Gasteiger partial charge in [0.1, 0.15) is 0 Å². The van der Waals surface area contributed by atoms with Gasteiger partial charge >= 0.3 is 0 Å². The lowest BCUT2D eigenvalue weighted by Crippen LogP contribution is -2.52. The molecular weight excluding hydrogens is 260 g/mol. The van der Waals surface area contributed by atoms with E-state index in [-0.39, 0.29) is 18.3 Å². The van der Waals surface area contributed by atoms with Crippen molar-refractivity contribution < 1.29 is 4.79 Å². The fourth-order valence-electron chi connectivity index (χ4n) is 2.82. The molecule has 1 saturated carbocycles. The minimum Gasteiger partial charge on any atom is -0.354 e. The van der Waals surface area contributed by atoms with Crippen LogP contribution in [0.2, 0.25) is 0 Å². The smallest absolute Gasteiger partial charge is 0.239 e. The molecule has 0 saturated heterocycles. The maximum atomic E-state index is 12.0. The van der Waals surface area contributed by atoms with Crippen molar-refractivity contribution in [2.75, 3.05) is 6.54 Å². The first-order valence-corrected chi connectivity index (χ1v) is 7.63. The number of hydrogen-bond acceptors (Lipinski definition) is 2. The quantitative estimate of drug-likeness (QED) is 0.815. The number of carbonyl (C=O) groups is 1. The standard InChI is InChI=1S/C15H30N2O.ClH/c1-3-11-15(2,16)14(18)17-12-13-9-7-5-4-6-8-10-13;/h13H,3-12,16H2,1-2H3,(H,17,18);1H. The number of nitrogens with one attached hydrogen (secondary N) is 1. The van der Waals surface area contributed by atoms with Crippen LogP contribution in [0.3, 0.4) is 0 Å². The molecule has 19 heavy (non-hydrogen) atoms. The fraction of sp³-hybridized carbons (Fsp3) is 0.933. The van der Waals surface area contributed by atoms with Crippen molar-refractivity contribution in [1.29, 1.82) is 0 Å². The summed E-state index contributed by atoms with van der Waals surface area (Å²) < 4.78 is 0. The van der Waals surface area contributed by atoms with Gasteiger partial charge in [-0.25, -0.2) is 0 Å². The first-order chi connectivity index (χ1) is 8.56. The molecule has 4 heteroatoms. The average Bonchev–Trinajstić information content (AvgIpc) is 2.27. The SMILES string of the molecule is CCCC(C)(N)C(=O)NCC1CCCCCCC1.Cl. The van der Waals surface area contributed by atoms with Crippen LogP contribution in [-0.2, 0) is 4.79 Å². The summed E-state index contributed by atoms with van der Waals surface area (Å²) in [5.74, 6) is 0.679. The fourth-order valence-corrected chi connectivity index (χ4v) is 2.82. The summed E-state index contributed by atoms with van der Waals surface area (Å²) in [7, 11) is 0. The average molecular weight is 291 g/mol. The third-order valence-electron chi connectivity index (χ3n) is 4.06. The number of rotatable bonds is 5. The third kappa shape index (κ3) is 7.17. The van der Waals surface area contributed by atoms with Gasteiger partial charge in [0, 0.05) is 6.54 Å². The third-order valence-corrected chi connectivity index (χ3v) is 4.06. The monoisotopic (exact) mass is 290 g/mol. The first kappa shape index (κ1) is 18.7. The van der Waals surface area contributed by atoms with Crippen molar-refractivity contribution in [1.82, 2.24) is 5.32 Å². The minimum absolute atomic E-state index is 0. The van der Waals surface area contributed by atoms with Crippen LogP contribution in [0.15, 0.2) is 0 Å². The molecule has 114 valence electrons. The predicted octanol–water partition coefficient (Wildman–Crippen LogP) is 3.40. The zero-order valence-electron chi connectivity index (χ0n) is 12.5. The summed E-state index contributed by atoms with van der Waals surface area (Å²) in [5, 5.41) is 3.06. The summed E-state index contributed by atoms with van der Waals surface area (Å²) in [5.41, 5.74) is 5.33. The van der Waals surface area contributed by atoms with E-state index in [1.54, 1.807) is 0 Å². The molecule has 1 aliphatic rings. The number of hydrogen-bond donors (Lipinski definition) is 2. The van der Waals surface area contributed by atoms with E-state index >= 15 is 0 Å². The molecule has 0 aromatic carbocycles. The Hall–Kier alpha value is -0.280. The van der Waals surface area contributed by atoms with Gasteiger partial charge in [0.2, 0.25) is 5.91 Å². The lowest BCUT2D eigenvalue weighted by Gasteiger charge is -2.25. The molecule has 1 aliphatic carbocycles. The molecule has 0 heterocycles. The van der Waals surface area contributed by atoms with E-state index < -0.39 is 5.54 Å². The first-order valence-electron chi connectivity index (χ1n) is 7.63. The van der Waals surface area contributed by atoms with Gasteiger partial charge in [-0.3, -0.25) is 4.79 Å². The second-order valence-corrected chi connectivity index (χ2v) is 6.09. The molecule has 0 bridgehead atoms. The Kier molecular flexibility index (Phi) is 9.46. The predicted molar refractivity (Wildman–Crippen MR) is 83.6 cm³/mol. The van der Waals surface area contributed by atoms with E-state index in [4.69, 9.17) is 5.73 Å². The molecule has 1 unspecified atom stereocenters. The molecule has 3 nitrogen and oxygen atoms in total. The highest BCUT2D eigenvalue weighted by molar-refractivity contribution is 5.85. The molecule has 1 atom stereocenters. The van der Waals surface area contributed by atoms with E-state index in [9.17, 15) is 4.79 Å². The van der Waals surface area contributed by atoms with Crippen molar-refractivity contribution in [3.05, 3.63) is 0 Å². The maximum Gasteiger partial charge on any atom is 0.239 e. The molecule has 0 radical (unpaired) electrons. The Labute approximate surface area is 124 Å². The molecule has 0 aliphatic heterocycles. The van der Waals surface area contributed by atoms with E-state index in [1.165, 1.54) is 44.9 Å². The number of nitrogens with two attached hydrogens (primary N) is 1. The second kappa shape index (κ2) is 9.60. The summed E-state index contributed by atoms with van der Waals surface area (Å²) in [6, 6.07) is 0. The van der Waals surface area contributed by atoms with Gasteiger partial charge in [-0.05, 0) is 32.1 Å². The number of halogens is 1. The molecule has 0 spiro atoms. The van der Waals surface area contributed by atoms with Crippen molar-refractivity contribution in [3.8, 4) is 0 Å². The largest absolute Gasteiger partial charge is 0.354 e. The van der Waals surface area contributed by atoms with Gasteiger partial charge in [-0.1, -0.05) is 45.4 Å². The maximum absolute atomic E-state index is 12.0. The summed E-state index contributed by atoms with van der Waals surface area (Å²) in [6.45, 7) is 4.71. The second-order valence-electron chi connectivity index (χ2n) is 6.09. The van der Waals surface area contributed by atoms with Crippen LogP contribution in [0.25, 0.3) is 0 Å². The topological polar surface area (TPSA) is 55.1 Å². The van der Waals surface area contributed by atoms with Crippen molar-refractivity contribution >= 4 is 18.3 Å². The normalized spacial score (nSPS) is 20.6. The Morgan fingerprint density at radius 3 is 2.26 bits per heavy atom. The molecule has 3 N–H and O–H groups in total. The zero-order valence-corrected chi connectivity index (χ0v) is 13.4. The Morgan fingerprint density at radius 1 is 1.21 bits per heavy atom. The van der Waals surface area contributed by atoms with Gasteiger partial charge in [-0.15, -0.1) is 12.4 Å². The van der Waals surface area contributed by atoms with Crippen LogP contribution >= 0.6 is 12.4 Å². The van der Waals surface area contributed by atoms with E-state index in [1.807, 2.05) is 6.92 Å². The summed E-state index contributed by atoms with van der Waals surface area (Å²) in [6.07, 6.45) is 10.9. The van der Waals surface area contributed by atoms with Gasteiger partial charge in [-0.2, -0.15) is 0 Å². The lowest BCUT2D eigenvalue weighted by molar-refractivity contribution is -0.126. The van der Waals surface area contributed by atoms with Crippen molar-refractivity contribution in [2.24, 2.45) is 11.7 Å². The highest BCUT2D eigenvalue weighted by Gasteiger charge is 2.27. The highest BCUT2D eigenvalue weighted by atomic mass is 35.5. The van der Waals surface area contributed by atoms with Crippen LogP contribution in [-0.4, -0.2) is 18.0 Å². The van der Waals surface area contributed by atoms with Gasteiger partial charge in [0.15, 0.2) is 0 Å². The van der Waals surface area contributed by atoms with E-state index in [0.29, 0.717) is 5.92 Å². The Morgan fingerprint density at radius 2 is 1.74 bits per heavy atom. The number of amides is 1. The Bertz CT molecular complexity index is 249. The van der Waals surface area contributed by atoms with Gasteiger partial charge in [0.05, 0.1) is 5.54 Å². The highest BCUT2D eigenvalue weighted by Crippen LogP contribution is 2.21. The van der Waals surface area contributed by atoms with Crippen LogP contribution in [0.1, 0.15) is 71.6 Å². The van der Waals surface area contributed by atoms with Crippen molar-refractivity contribution in [2.45, 2.75) is 77.2 Å². The van der Waals surface area contributed by atoms with Crippen molar-refractivity contribution in [3.63, 3.8) is 0 Å². The molecular formula is C15H31ClN2O. The van der Waals surface area contributed by atoms with Gasteiger partial charge in [0.25, 0.3) is 0 Å². The van der Waals surface area contributed by atoms with E-state index in [0.717, 1.165) is 19.4 Å². The lowest BCUT2D eigenvalue weighted by atomic mass is 9.90. The minimum atomic E-state index is -0.698. The molecule has 0 aromatic rings. The summed E-state index contributed by atoms with van der Waals surface area (Å²) >= 11 is 0. The molecule has 1 rings (SSSR count). The Balaban J connectivity index is 0.00000324. The molecule has 1 fully saturated rings.